The molecular weight excluding hydrogens is 392 g/mol. The quantitative estimate of drug-likeness (QED) is 0.356. The van der Waals surface area contributed by atoms with Crippen LogP contribution in [0, 0.1) is 0 Å². The Kier molecular flexibility index (Phi) is 5.67. The van der Waals surface area contributed by atoms with Crippen molar-refractivity contribution in [2.24, 2.45) is 0 Å². The van der Waals surface area contributed by atoms with Crippen molar-refractivity contribution in [3.8, 4) is 0 Å². The van der Waals surface area contributed by atoms with Gasteiger partial charge in [0.2, 0.25) is 0 Å². The first-order chi connectivity index (χ1) is 15.8. The summed E-state index contributed by atoms with van der Waals surface area (Å²) in [6.45, 7) is 2.30. The smallest absolute Gasteiger partial charge is 0.142 e. The first kappa shape index (κ1) is 20.0. The minimum atomic E-state index is 0.0789. The van der Waals surface area contributed by atoms with E-state index in [0.29, 0.717) is 6.04 Å². The van der Waals surface area contributed by atoms with Gasteiger partial charge in [-0.3, -0.25) is 20.5 Å². The summed E-state index contributed by atoms with van der Waals surface area (Å²) >= 11 is 0. The van der Waals surface area contributed by atoms with Crippen molar-refractivity contribution in [1.82, 2.24) is 0 Å². The molecule has 1 fully saturated rings. The van der Waals surface area contributed by atoms with E-state index < -0.39 is 0 Å². The van der Waals surface area contributed by atoms with Gasteiger partial charge in [0.05, 0.1) is 28.8 Å². The van der Waals surface area contributed by atoms with E-state index in [1.165, 1.54) is 11.4 Å². The second-order valence-corrected chi connectivity index (χ2v) is 8.11. The molecule has 0 aliphatic carbocycles. The maximum atomic E-state index is 3.69. The van der Waals surface area contributed by atoms with Crippen LogP contribution in [0.1, 0.15) is 13.3 Å². The Morgan fingerprint density at radius 3 is 1.66 bits per heavy atom. The van der Waals surface area contributed by atoms with E-state index in [4.69, 9.17) is 0 Å². The number of nitrogens with one attached hydrogen (secondary N) is 1. The molecule has 32 heavy (non-hydrogen) atoms. The van der Waals surface area contributed by atoms with Crippen LogP contribution in [0.2, 0.25) is 0 Å². The van der Waals surface area contributed by atoms with Crippen LogP contribution in [0.4, 0.5) is 22.7 Å². The number of hydrogen-bond donors (Lipinski definition) is 1. The molecule has 0 saturated carbocycles. The van der Waals surface area contributed by atoms with Crippen LogP contribution in [0.3, 0.4) is 0 Å². The molecule has 0 radical (unpaired) electrons. The van der Waals surface area contributed by atoms with Gasteiger partial charge in [0, 0.05) is 6.42 Å². The monoisotopic (exact) mass is 420 g/mol. The number of para-hydroxylation sites is 4. The van der Waals surface area contributed by atoms with Crippen molar-refractivity contribution in [3.05, 3.63) is 121 Å². The molecule has 1 N–H and O–H groups in total. The van der Waals surface area contributed by atoms with E-state index in [9.17, 15) is 0 Å². The molecule has 2 atom stereocenters. The average molecular weight is 421 g/mol. The van der Waals surface area contributed by atoms with E-state index in [-0.39, 0.29) is 6.17 Å². The predicted molar refractivity (Wildman–Crippen MR) is 135 cm³/mol. The molecule has 1 aliphatic rings. The zero-order valence-corrected chi connectivity index (χ0v) is 18.3. The molecule has 0 unspecified atom stereocenters. The van der Waals surface area contributed by atoms with Gasteiger partial charge in [-0.25, -0.2) is 0 Å². The molecule has 5 rings (SSSR count). The zero-order chi connectivity index (χ0) is 21.8. The van der Waals surface area contributed by atoms with Crippen LogP contribution >= 0.6 is 0 Å². The summed E-state index contributed by atoms with van der Waals surface area (Å²) in [5.41, 5.74) is 8.25. The fraction of sp³-hybridized carbons (Fsp3) is 0.143. The van der Waals surface area contributed by atoms with Gasteiger partial charge in [0.1, 0.15) is 6.17 Å². The van der Waals surface area contributed by atoms with Crippen molar-refractivity contribution >= 4 is 22.7 Å². The van der Waals surface area contributed by atoms with Crippen molar-refractivity contribution in [3.63, 3.8) is 0 Å². The molecule has 0 spiro atoms. The van der Waals surface area contributed by atoms with Crippen molar-refractivity contribution < 1.29 is 0 Å². The van der Waals surface area contributed by atoms with Gasteiger partial charge in [-0.05, 0) is 55.5 Å². The van der Waals surface area contributed by atoms with Crippen LogP contribution in [0.25, 0.3) is 0 Å². The normalized spacial score (nSPS) is 17.9. The molecule has 4 aromatic rings. The highest BCUT2D eigenvalue weighted by Gasteiger charge is 2.41. The highest BCUT2D eigenvalue weighted by Crippen LogP contribution is 2.37. The number of hydrogen-bond acceptors (Lipinski definition) is 4. The van der Waals surface area contributed by atoms with Crippen LogP contribution in [-0.4, -0.2) is 12.2 Å². The van der Waals surface area contributed by atoms with E-state index in [1.807, 2.05) is 6.07 Å². The molecule has 1 heterocycles. The van der Waals surface area contributed by atoms with Gasteiger partial charge in [-0.1, -0.05) is 72.8 Å². The lowest BCUT2D eigenvalue weighted by atomic mass is 10.2. The van der Waals surface area contributed by atoms with Crippen LogP contribution in [0.15, 0.2) is 121 Å². The highest BCUT2D eigenvalue weighted by atomic mass is 15.8. The fourth-order valence-electron chi connectivity index (χ4n) is 4.46. The van der Waals surface area contributed by atoms with Crippen LogP contribution < -0.4 is 20.5 Å². The number of nitrogens with zero attached hydrogens (tertiary/aromatic N) is 3. The second-order valence-electron chi connectivity index (χ2n) is 8.11. The van der Waals surface area contributed by atoms with Crippen molar-refractivity contribution in [1.29, 1.82) is 0 Å². The Labute approximate surface area is 190 Å². The molecule has 4 aromatic carbocycles. The first-order valence-electron chi connectivity index (χ1n) is 11.2. The topological polar surface area (TPSA) is 21.8 Å². The van der Waals surface area contributed by atoms with Gasteiger partial charge >= 0.3 is 0 Å². The Bertz CT molecular complexity index is 1100. The number of anilines is 4. The lowest BCUT2D eigenvalue weighted by Gasteiger charge is -2.42. The zero-order valence-electron chi connectivity index (χ0n) is 18.3. The number of benzene rings is 4. The standard InChI is InChI=1S/C28H28N4/c1-23-22-28(30(25-16-8-3-9-17-25)29-24-14-6-2-7-15-24)32(27-20-12-5-13-21-27)31(23)26-18-10-4-11-19-26/h2-21,23,28-29H,22H2,1H3/t23-,28-/m0/s1. The summed E-state index contributed by atoms with van der Waals surface area (Å²) in [4.78, 5) is 0. The largest absolute Gasteiger partial charge is 0.296 e. The van der Waals surface area contributed by atoms with Crippen LogP contribution in [0.5, 0.6) is 0 Å². The lowest BCUT2D eigenvalue weighted by Crippen LogP contribution is -2.53. The summed E-state index contributed by atoms with van der Waals surface area (Å²) in [5.74, 6) is 0. The summed E-state index contributed by atoms with van der Waals surface area (Å²) in [6.07, 6.45) is 1.05. The van der Waals surface area contributed by atoms with E-state index >= 15 is 0 Å². The van der Waals surface area contributed by atoms with Crippen molar-refractivity contribution in [2.75, 3.05) is 20.5 Å². The minimum absolute atomic E-state index is 0.0789. The van der Waals surface area contributed by atoms with Gasteiger partial charge in [-0.15, -0.1) is 0 Å². The SMILES string of the molecule is C[C@H]1C[C@@H](N(Nc2ccccc2)c2ccccc2)N(c2ccccc2)N1c1ccccc1. The number of rotatable bonds is 6. The average Bonchev–Trinajstić information content (AvgIpc) is 3.21. The maximum absolute atomic E-state index is 3.69. The molecular formula is C28H28N4. The highest BCUT2D eigenvalue weighted by molar-refractivity contribution is 5.65. The van der Waals surface area contributed by atoms with Crippen molar-refractivity contribution in [2.45, 2.75) is 25.6 Å². The van der Waals surface area contributed by atoms with Gasteiger partial charge in [-0.2, -0.15) is 0 Å². The first-order valence-corrected chi connectivity index (χ1v) is 11.2. The Hall–Kier alpha value is -3.92. The molecule has 1 saturated heterocycles. The Morgan fingerprint density at radius 2 is 1.09 bits per heavy atom. The van der Waals surface area contributed by atoms with E-state index in [0.717, 1.165) is 17.8 Å². The van der Waals surface area contributed by atoms with E-state index in [1.54, 1.807) is 0 Å². The molecule has 0 aromatic heterocycles. The third kappa shape index (κ3) is 4.00. The Morgan fingerprint density at radius 1 is 0.625 bits per heavy atom. The van der Waals surface area contributed by atoms with E-state index in [2.05, 4.69) is 143 Å². The maximum Gasteiger partial charge on any atom is 0.142 e. The molecule has 160 valence electrons. The molecule has 4 nitrogen and oxygen atoms in total. The molecule has 1 aliphatic heterocycles. The Balaban J connectivity index is 1.60. The summed E-state index contributed by atoms with van der Waals surface area (Å²) < 4.78 is 0. The molecule has 0 amide bonds. The fourth-order valence-corrected chi connectivity index (χ4v) is 4.46. The third-order valence-corrected chi connectivity index (χ3v) is 5.88. The summed E-state index contributed by atoms with van der Waals surface area (Å²) in [7, 11) is 0. The summed E-state index contributed by atoms with van der Waals surface area (Å²) in [5, 5.41) is 7.13. The van der Waals surface area contributed by atoms with Gasteiger partial charge < -0.3 is 0 Å². The third-order valence-electron chi connectivity index (χ3n) is 5.88. The van der Waals surface area contributed by atoms with Crippen LogP contribution in [-0.2, 0) is 0 Å². The number of hydrazine groups is 2. The molecule has 0 bridgehead atoms. The van der Waals surface area contributed by atoms with Gasteiger partial charge in [0.25, 0.3) is 0 Å². The lowest BCUT2D eigenvalue weighted by molar-refractivity contribution is 0.633. The summed E-state index contributed by atoms with van der Waals surface area (Å²) in [6, 6.07) is 42.6. The minimum Gasteiger partial charge on any atom is -0.296 e. The van der Waals surface area contributed by atoms with Gasteiger partial charge in [0.15, 0.2) is 0 Å². The molecule has 4 heteroatoms. The second kappa shape index (κ2) is 9.06. The predicted octanol–water partition coefficient (Wildman–Crippen LogP) is 6.57.